The predicted molar refractivity (Wildman–Crippen MR) is 73.4 cm³/mol. The molecular formula is C11H19N7O. The van der Waals surface area contributed by atoms with E-state index in [4.69, 9.17) is 0 Å². The van der Waals surface area contributed by atoms with E-state index in [1.807, 2.05) is 19.0 Å². The van der Waals surface area contributed by atoms with Crippen LogP contribution < -0.4 is 20.9 Å². The van der Waals surface area contributed by atoms with Gasteiger partial charge in [0.25, 0.3) is 0 Å². The summed E-state index contributed by atoms with van der Waals surface area (Å²) >= 11 is 0. The molecule has 104 valence electrons. The van der Waals surface area contributed by atoms with Crippen LogP contribution in [0.25, 0.3) is 0 Å². The lowest BCUT2D eigenvalue weighted by Gasteiger charge is -2.24. The fraction of sp³-hybridized carbons (Fsp3) is 0.636. The Balaban J connectivity index is 2.10. The third-order valence-electron chi connectivity index (χ3n) is 2.85. The average Bonchev–Trinajstić information content (AvgIpc) is 2.41. The van der Waals surface area contributed by atoms with Gasteiger partial charge in [-0.3, -0.25) is 4.79 Å². The van der Waals surface area contributed by atoms with Crippen molar-refractivity contribution in [3.63, 3.8) is 0 Å². The van der Waals surface area contributed by atoms with Gasteiger partial charge < -0.3 is 20.9 Å². The van der Waals surface area contributed by atoms with Crippen LogP contribution in [-0.2, 0) is 4.79 Å². The smallest absolute Gasteiger partial charge is 0.231 e. The minimum atomic E-state index is 0.0959. The number of piperidine rings is 1. The molecule has 1 atom stereocenters. The number of rotatable bonds is 4. The average molecular weight is 265 g/mol. The molecule has 2 heterocycles. The first kappa shape index (κ1) is 13.3. The topological polar surface area (TPSA) is 95.1 Å². The summed E-state index contributed by atoms with van der Waals surface area (Å²) in [6.07, 6.45) is 1.31. The summed E-state index contributed by atoms with van der Waals surface area (Å²) in [5, 5.41) is 8.96. The molecule has 8 heteroatoms. The molecule has 1 unspecified atom stereocenters. The molecule has 0 aromatic carbocycles. The summed E-state index contributed by atoms with van der Waals surface area (Å²) in [5.74, 6) is 1.71. The summed E-state index contributed by atoms with van der Waals surface area (Å²) in [6.45, 7) is 0.594. The summed E-state index contributed by atoms with van der Waals surface area (Å²) in [4.78, 5) is 25.8. The molecule has 19 heavy (non-hydrogen) atoms. The number of nitrogens with zero attached hydrogens (tertiary/aromatic N) is 4. The zero-order valence-electron chi connectivity index (χ0n) is 11.4. The second-order valence-corrected chi connectivity index (χ2v) is 4.61. The maximum atomic E-state index is 11.1. The van der Waals surface area contributed by atoms with Crippen LogP contribution in [0.15, 0.2) is 0 Å². The van der Waals surface area contributed by atoms with Crippen molar-refractivity contribution in [1.82, 2.24) is 20.3 Å². The molecule has 1 amide bonds. The lowest BCUT2D eigenvalue weighted by atomic mass is 10.1. The Bertz CT molecular complexity index is 452. The second kappa shape index (κ2) is 5.68. The molecule has 0 aliphatic carbocycles. The standard InChI is InChI=1S/C11H19N7O/c1-12-9-15-10(17-11(16-9)18(2)3)14-7-4-5-8(19)13-6-7/h7H,4-6H2,1-3H3,(H,13,19)(H2,12,14,15,16,17). The first-order chi connectivity index (χ1) is 9.08. The minimum Gasteiger partial charge on any atom is -0.357 e. The predicted octanol–water partition coefficient (Wildman–Crippen LogP) is -0.330. The van der Waals surface area contributed by atoms with Gasteiger partial charge in [-0.25, -0.2) is 0 Å². The maximum Gasteiger partial charge on any atom is 0.231 e. The van der Waals surface area contributed by atoms with Gasteiger partial charge in [-0.1, -0.05) is 0 Å². The van der Waals surface area contributed by atoms with Gasteiger partial charge in [0, 0.05) is 40.2 Å². The van der Waals surface area contributed by atoms with Gasteiger partial charge in [-0.05, 0) is 6.42 Å². The molecule has 1 fully saturated rings. The minimum absolute atomic E-state index is 0.0959. The Morgan fingerprint density at radius 3 is 2.58 bits per heavy atom. The molecule has 1 aliphatic rings. The quantitative estimate of drug-likeness (QED) is 0.686. The van der Waals surface area contributed by atoms with E-state index < -0.39 is 0 Å². The SMILES string of the molecule is CNc1nc(NC2CCC(=O)NC2)nc(N(C)C)n1. The summed E-state index contributed by atoms with van der Waals surface area (Å²) in [5.41, 5.74) is 0. The summed E-state index contributed by atoms with van der Waals surface area (Å²) < 4.78 is 0. The number of aromatic nitrogens is 3. The molecule has 0 spiro atoms. The van der Waals surface area contributed by atoms with E-state index in [9.17, 15) is 4.79 Å². The Kier molecular flexibility index (Phi) is 3.98. The number of carbonyl (C=O) groups excluding carboxylic acids is 1. The highest BCUT2D eigenvalue weighted by atomic mass is 16.1. The number of hydrogen-bond donors (Lipinski definition) is 3. The highest BCUT2D eigenvalue weighted by Gasteiger charge is 2.19. The van der Waals surface area contributed by atoms with E-state index in [0.717, 1.165) is 6.42 Å². The molecule has 3 N–H and O–H groups in total. The van der Waals surface area contributed by atoms with Gasteiger partial charge in [-0.15, -0.1) is 0 Å². The van der Waals surface area contributed by atoms with Crippen molar-refractivity contribution < 1.29 is 4.79 Å². The van der Waals surface area contributed by atoms with E-state index >= 15 is 0 Å². The number of nitrogens with one attached hydrogen (secondary N) is 3. The van der Waals surface area contributed by atoms with Crippen molar-refractivity contribution in [3.8, 4) is 0 Å². The van der Waals surface area contributed by atoms with E-state index in [1.54, 1.807) is 7.05 Å². The molecular weight excluding hydrogens is 246 g/mol. The number of carbonyl (C=O) groups is 1. The van der Waals surface area contributed by atoms with Gasteiger partial charge in [-0.2, -0.15) is 15.0 Å². The van der Waals surface area contributed by atoms with Crippen molar-refractivity contribution in [2.24, 2.45) is 0 Å². The van der Waals surface area contributed by atoms with Crippen LogP contribution in [0.1, 0.15) is 12.8 Å². The highest BCUT2D eigenvalue weighted by molar-refractivity contribution is 5.76. The van der Waals surface area contributed by atoms with Crippen LogP contribution in [0.2, 0.25) is 0 Å². The molecule has 1 aliphatic heterocycles. The van der Waals surface area contributed by atoms with Gasteiger partial charge in [0.2, 0.25) is 23.8 Å². The monoisotopic (exact) mass is 265 g/mol. The van der Waals surface area contributed by atoms with Crippen LogP contribution in [0.5, 0.6) is 0 Å². The number of hydrogen-bond acceptors (Lipinski definition) is 7. The third kappa shape index (κ3) is 3.43. The van der Waals surface area contributed by atoms with Gasteiger partial charge in [0.15, 0.2) is 0 Å². The van der Waals surface area contributed by atoms with Crippen molar-refractivity contribution in [2.75, 3.05) is 43.2 Å². The molecule has 1 aromatic rings. The fourth-order valence-electron chi connectivity index (χ4n) is 1.78. The highest BCUT2D eigenvalue weighted by Crippen LogP contribution is 2.14. The molecule has 0 saturated carbocycles. The van der Waals surface area contributed by atoms with Crippen LogP contribution in [0, 0.1) is 0 Å². The third-order valence-corrected chi connectivity index (χ3v) is 2.85. The first-order valence-electron chi connectivity index (χ1n) is 6.23. The molecule has 0 radical (unpaired) electrons. The molecule has 8 nitrogen and oxygen atoms in total. The van der Waals surface area contributed by atoms with Crippen molar-refractivity contribution >= 4 is 23.8 Å². The molecule has 0 bridgehead atoms. The Morgan fingerprint density at radius 1 is 1.26 bits per heavy atom. The lowest BCUT2D eigenvalue weighted by molar-refractivity contribution is -0.122. The largest absolute Gasteiger partial charge is 0.357 e. The van der Waals surface area contributed by atoms with E-state index in [-0.39, 0.29) is 11.9 Å². The summed E-state index contributed by atoms with van der Waals surface area (Å²) in [6, 6.07) is 0.153. The number of amides is 1. The normalized spacial score (nSPS) is 18.7. The van der Waals surface area contributed by atoms with Crippen LogP contribution in [0.3, 0.4) is 0 Å². The lowest BCUT2D eigenvalue weighted by Crippen LogP contribution is -2.42. The van der Waals surface area contributed by atoms with E-state index in [2.05, 4.69) is 30.9 Å². The molecule has 1 aromatic heterocycles. The van der Waals surface area contributed by atoms with Crippen LogP contribution in [0.4, 0.5) is 17.8 Å². The van der Waals surface area contributed by atoms with Crippen LogP contribution in [-0.4, -0.2) is 54.6 Å². The van der Waals surface area contributed by atoms with Gasteiger partial charge >= 0.3 is 0 Å². The number of anilines is 3. The molecule has 1 saturated heterocycles. The summed E-state index contributed by atoms with van der Waals surface area (Å²) in [7, 11) is 5.51. The fourth-order valence-corrected chi connectivity index (χ4v) is 1.78. The zero-order valence-corrected chi connectivity index (χ0v) is 11.4. The Hall–Kier alpha value is -2.12. The van der Waals surface area contributed by atoms with Gasteiger partial charge in [0.05, 0.1) is 0 Å². The molecule has 2 rings (SSSR count). The Morgan fingerprint density at radius 2 is 2.00 bits per heavy atom. The van der Waals surface area contributed by atoms with Crippen molar-refractivity contribution in [1.29, 1.82) is 0 Å². The zero-order chi connectivity index (χ0) is 13.8. The second-order valence-electron chi connectivity index (χ2n) is 4.61. The van der Waals surface area contributed by atoms with Gasteiger partial charge in [0.1, 0.15) is 0 Å². The van der Waals surface area contributed by atoms with Crippen molar-refractivity contribution in [3.05, 3.63) is 0 Å². The van der Waals surface area contributed by atoms with Crippen LogP contribution >= 0.6 is 0 Å². The van der Waals surface area contributed by atoms with E-state index in [0.29, 0.717) is 30.8 Å². The maximum absolute atomic E-state index is 11.1. The first-order valence-corrected chi connectivity index (χ1v) is 6.23. The van der Waals surface area contributed by atoms with Crippen molar-refractivity contribution in [2.45, 2.75) is 18.9 Å². The Labute approximate surface area is 112 Å². The van der Waals surface area contributed by atoms with E-state index in [1.165, 1.54) is 0 Å².